The zero-order valence-corrected chi connectivity index (χ0v) is 14.8. The molecule has 0 atom stereocenters. The molecule has 2 aromatic carbocycles. The highest BCUT2D eigenvalue weighted by Gasteiger charge is 2.14. The topological polar surface area (TPSA) is 42.2 Å². The van der Waals surface area contributed by atoms with Gasteiger partial charge in [-0.2, -0.15) is 0 Å². The van der Waals surface area contributed by atoms with Crippen molar-refractivity contribution in [2.75, 3.05) is 6.54 Å². The number of hydrogen-bond donors (Lipinski definition) is 1. The maximum Gasteiger partial charge on any atom is 0.287 e. The molecule has 3 nitrogen and oxygen atoms in total. The normalized spacial score (nSPS) is 10.9. The van der Waals surface area contributed by atoms with Crippen LogP contribution in [0.3, 0.4) is 0 Å². The van der Waals surface area contributed by atoms with Gasteiger partial charge in [-0.3, -0.25) is 4.79 Å². The number of carbonyl (C=O) groups is 1. The summed E-state index contributed by atoms with van der Waals surface area (Å²) in [6.45, 7) is 2.90. The number of fused-ring (bicyclic) bond motifs is 1. The lowest BCUT2D eigenvalue weighted by molar-refractivity contribution is 0.0927. The number of furan rings is 1. The second kappa shape index (κ2) is 8.52. The molecule has 3 aromatic rings. The predicted octanol–water partition coefficient (Wildman–Crippen LogP) is 5.80. The van der Waals surface area contributed by atoms with Crippen molar-refractivity contribution in [3.8, 4) is 11.1 Å². The van der Waals surface area contributed by atoms with Crippen molar-refractivity contribution in [2.24, 2.45) is 0 Å². The maximum atomic E-state index is 12.3. The van der Waals surface area contributed by atoms with Crippen molar-refractivity contribution in [3.63, 3.8) is 0 Å². The van der Waals surface area contributed by atoms with Gasteiger partial charge in [0.1, 0.15) is 5.58 Å². The van der Waals surface area contributed by atoms with E-state index in [0.717, 1.165) is 34.9 Å². The summed E-state index contributed by atoms with van der Waals surface area (Å²) in [5.41, 5.74) is 2.86. The molecule has 0 aliphatic rings. The number of unbranched alkanes of at least 4 members (excludes halogenated alkanes) is 4. The number of rotatable bonds is 8. The molecule has 0 fully saturated rings. The van der Waals surface area contributed by atoms with Crippen LogP contribution in [-0.4, -0.2) is 12.5 Å². The Balaban J connectivity index is 1.70. The highest BCUT2D eigenvalue weighted by atomic mass is 16.3. The molecule has 0 spiro atoms. The van der Waals surface area contributed by atoms with E-state index in [1.807, 2.05) is 54.6 Å². The van der Waals surface area contributed by atoms with Crippen molar-refractivity contribution in [1.29, 1.82) is 0 Å². The lowest BCUT2D eigenvalue weighted by Gasteiger charge is -2.03. The van der Waals surface area contributed by atoms with E-state index < -0.39 is 0 Å². The second-order valence-electron chi connectivity index (χ2n) is 6.37. The van der Waals surface area contributed by atoms with Crippen molar-refractivity contribution in [3.05, 3.63) is 60.4 Å². The molecule has 0 aliphatic heterocycles. The molecule has 25 heavy (non-hydrogen) atoms. The van der Waals surface area contributed by atoms with Crippen molar-refractivity contribution < 1.29 is 9.21 Å². The third-order valence-electron chi connectivity index (χ3n) is 4.42. The summed E-state index contributed by atoms with van der Waals surface area (Å²) in [7, 11) is 0. The molecule has 130 valence electrons. The SMILES string of the molecule is CCCCCCCNC(=O)c1cc2cccc(-c3ccccc3)c2o1. The molecule has 1 amide bonds. The van der Waals surface area contributed by atoms with Gasteiger partial charge in [0.05, 0.1) is 0 Å². The van der Waals surface area contributed by atoms with E-state index in [-0.39, 0.29) is 5.91 Å². The first-order chi connectivity index (χ1) is 12.3. The minimum atomic E-state index is -0.134. The molecular weight excluding hydrogens is 310 g/mol. The van der Waals surface area contributed by atoms with Crippen LogP contribution in [0.5, 0.6) is 0 Å². The molecule has 0 unspecified atom stereocenters. The predicted molar refractivity (Wildman–Crippen MR) is 103 cm³/mol. The monoisotopic (exact) mass is 335 g/mol. The van der Waals surface area contributed by atoms with Gasteiger partial charge in [0, 0.05) is 17.5 Å². The Labute approximate surface area is 149 Å². The number of para-hydroxylation sites is 1. The molecule has 0 aliphatic carbocycles. The van der Waals surface area contributed by atoms with Crippen LogP contribution < -0.4 is 5.32 Å². The standard InChI is InChI=1S/C22H25NO2/c1-2-3-4-5-9-15-23-22(24)20-16-18-13-10-14-19(21(18)25-20)17-11-7-6-8-12-17/h6-8,10-14,16H,2-5,9,15H2,1H3,(H,23,24). The fourth-order valence-corrected chi connectivity index (χ4v) is 3.04. The van der Waals surface area contributed by atoms with E-state index in [2.05, 4.69) is 12.2 Å². The third kappa shape index (κ3) is 4.30. The van der Waals surface area contributed by atoms with Crippen molar-refractivity contribution >= 4 is 16.9 Å². The molecule has 0 saturated heterocycles. The summed E-state index contributed by atoms with van der Waals surface area (Å²) in [4.78, 5) is 12.3. The highest BCUT2D eigenvalue weighted by molar-refractivity contribution is 6.00. The molecule has 0 saturated carbocycles. The summed E-state index contributed by atoms with van der Waals surface area (Å²) in [6, 6.07) is 17.9. The van der Waals surface area contributed by atoms with Crippen LogP contribution in [0.4, 0.5) is 0 Å². The molecule has 1 heterocycles. The van der Waals surface area contributed by atoms with E-state index in [4.69, 9.17) is 4.42 Å². The van der Waals surface area contributed by atoms with Crippen LogP contribution >= 0.6 is 0 Å². The maximum absolute atomic E-state index is 12.3. The average molecular weight is 335 g/mol. The van der Waals surface area contributed by atoms with E-state index in [1.165, 1.54) is 19.3 Å². The van der Waals surface area contributed by atoms with Gasteiger partial charge in [0.2, 0.25) is 0 Å². The summed E-state index contributed by atoms with van der Waals surface area (Å²) in [6.07, 6.45) is 5.90. The van der Waals surface area contributed by atoms with Crippen LogP contribution in [0.2, 0.25) is 0 Å². The van der Waals surface area contributed by atoms with Gasteiger partial charge >= 0.3 is 0 Å². The molecule has 3 rings (SSSR count). The van der Waals surface area contributed by atoms with Gasteiger partial charge in [-0.1, -0.05) is 81.1 Å². The Kier molecular flexibility index (Phi) is 5.89. The van der Waals surface area contributed by atoms with Crippen molar-refractivity contribution in [2.45, 2.75) is 39.0 Å². The summed E-state index contributed by atoms with van der Waals surface area (Å²) in [5.74, 6) is 0.248. The van der Waals surface area contributed by atoms with Crippen LogP contribution in [0, 0.1) is 0 Å². The van der Waals surface area contributed by atoms with Crippen molar-refractivity contribution in [1.82, 2.24) is 5.32 Å². The lowest BCUT2D eigenvalue weighted by Crippen LogP contribution is -2.23. The zero-order valence-electron chi connectivity index (χ0n) is 14.8. The Hall–Kier alpha value is -2.55. The van der Waals surface area contributed by atoms with E-state index in [9.17, 15) is 4.79 Å². The minimum Gasteiger partial charge on any atom is -0.450 e. The number of benzene rings is 2. The van der Waals surface area contributed by atoms with Crippen LogP contribution in [0.15, 0.2) is 59.0 Å². The first kappa shape index (κ1) is 17.3. The Bertz CT molecular complexity index is 820. The lowest BCUT2D eigenvalue weighted by atomic mass is 10.0. The Morgan fingerprint density at radius 3 is 2.56 bits per heavy atom. The second-order valence-corrected chi connectivity index (χ2v) is 6.37. The molecule has 1 aromatic heterocycles. The van der Waals surface area contributed by atoms with Gasteiger partial charge in [0.25, 0.3) is 5.91 Å². The van der Waals surface area contributed by atoms with Gasteiger partial charge < -0.3 is 9.73 Å². The molecule has 0 radical (unpaired) electrons. The van der Waals surface area contributed by atoms with Crippen LogP contribution in [0.25, 0.3) is 22.1 Å². The fourth-order valence-electron chi connectivity index (χ4n) is 3.04. The molecule has 0 bridgehead atoms. The Morgan fingerprint density at radius 2 is 1.76 bits per heavy atom. The number of hydrogen-bond acceptors (Lipinski definition) is 2. The van der Waals surface area contributed by atoms with E-state index >= 15 is 0 Å². The van der Waals surface area contributed by atoms with Crippen LogP contribution in [0.1, 0.15) is 49.6 Å². The molecule has 1 N–H and O–H groups in total. The fraction of sp³-hybridized carbons (Fsp3) is 0.318. The molecular formula is C22H25NO2. The minimum absolute atomic E-state index is 0.134. The summed E-state index contributed by atoms with van der Waals surface area (Å²) >= 11 is 0. The number of nitrogens with one attached hydrogen (secondary N) is 1. The highest BCUT2D eigenvalue weighted by Crippen LogP contribution is 2.30. The quantitative estimate of drug-likeness (QED) is 0.529. The third-order valence-corrected chi connectivity index (χ3v) is 4.42. The van der Waals surface area contributed by atoms with Crippen LogP contribution in [-0.2, 0) is 0 Å². The van der Waals surface area contributed by atoms with Gasteiger partial charge in [-0.05, 0) is 18.1 Å². The summed E-state index contributed by atoms with van der Waals surface area (Å²) < 4.78 is 5.90. The van der Waals surface area contributed by atoms with E-state index in [1.54, 1.807) is 0 Å². The van der Waals surface area contributed by atoms with Gasteiger partial charge in [0.15, 0.2) is 5.76 Å². The Morgan fingerprint density at radius 1 is 0.960 bits per heavy atom. The van der Waals surface area contributed by atoms with E-state index in [0.29, 0.717) is 12.3 Å². The molecule has 3 heteroatoms. The number of amides is 1. The smallest absolute Gasteiger partial charge is 0.287 e. The van der Waals surface area contributed by atoms with Gasteiger partial charge in [-0.25, -0.2) is 0 Å². The largest absolute Gasteiger partial charge is 0.450 e. The average Bonchev–Trinajstić information content (AvgIpc) is 3.09. The number of carbonyl (C=O) groups excluding carboxylic acids is 1. The van der Waals surface area contributed by atoms with Gasteiger partial charge in [-0.15, -0.1) is 0 Å². The summed E-state index contributed by atoms with van der Waals surface area (Å²) in [5, 5.41) is 3.92. The first-order valence-electron chi connectivity index (χ1n) is 9.16. The zero-order chi connectivity index (χ0) is 17.5. The first-order valence-corrected chi connectivity index (χ1v) is 9.16.